The van der Waals surface area contributed by atoms with Crippen LogP contribution < -0.4 is 0 Å². The maximum Gasteiger partial charge on any atom is 0.295 e. The van der Waals surface area contributed by atoms with E-state index < -0.39 is 0 Å². The first kappa shape index (κ1) is 30.0. The van der Waals surface area contributed by atoms with E-state index in [9.17, 15) is 10.1 Å². The van der Waals surface area contributed by atoms with Gasteiger partial charge in [0.15, 0.2) is 0 Å². The second kappa shape index (κ2) is 12.4. The van der Waals surface area contributed by atoms with Crippen LogP contribution >= 0.6 is 0 Å². The maximum absolute atomic E-state index is 12.9. The Kier molecular flexibility index (Phi) is 7.29. The largest absolute Gasteiger partial charge is 0.354 e. The smallest absolute Gasteiger partial charge is 0.295 e. The lowest BCUT2D eigenvalue weighted by molar-refractivity contribution is -0.382. The van der Waals surface area contributed by atoms with Crippen molar-refractivity contribution < 1.29 is 4.92 Å². The molecule has 5 heterocycles. The van der Waals surface area contributed by atoms with Crippen molar-refractivity contribution in [2.24, 2.45) is 0 Å². The molecule has 4 aromatic carbocycles. The van der Waals surface area contributed by atoms with Crippen molar-refractivity contribution >= 4 is 52.1 Å². The maximum atomic E-state index is 12.9. The van der Waals surface area contributed by atoms with Crippen molar-refractivity contribution in [3.05, 3.63) is 172 Å². The van der Waals surface area contributed by atoms with Crippen LogP contribution in [0.1, 0.15) is 22.8 Å². The Hall–Kier alpha value is -7.12. The van der Waals surface area contributed by atoms with E-state index >= 15 is 0 Å². The topological polar surface area (TPSA) is 100 Å². The van der Waals surface area contributed by atoms with Gasteiger partial charge < -0.3 is 9.97 Å². The van der Waals surface area contributed by atoms with Gasteiger partial charge in [-0.05, 0) is 58.7 Å². The third kappa shape index (κ3) is 5.34. The summed E-state index contributed by atoms with van der Waals surface area (Å²) in [6.45, 7) is 0. The number of aromatic amines is 2. The molecule has 0 unspecified atom stereocenters. The van der Waals surface area contributed by atoms with Gasteiger partial charge in [0.1, 0.15) is 5.52 Å². The average Bonchev–Trinajstić information content (AvgIpc) is 4.00. The summed E-state index contributed by atoms with van der Waals surface area (Å²) in [7, 11) is 0. The number of nitro groups is 1. The van der Waals surface area contributed by atoms with Crippen LogP contribution in [0.4, 0.5) is 5.69 Å². The van der Waals surface area contributed by atoms with Crippen LogP contribution in [0.3, 0.4) is 0 Å². The lowest BCUT2D eigenvalue weighted by atomic mass is 10.0. The molecule has 7 nitrogen and oxygen atoms in total. The quantitative estimate of drug-likeness (QED) is 0.142. The first-order valence-electron chi connectivity index (χ1n) is 16.7. The van der Waals surface area contributed by atoms with Crippen LogP contribution in [0.15, 0.2) is 140 Å². The Morgan fingerprint density at radius 2 is 0.824 bits per heavy atom. The summed E-state index contributed by atoms with van der Waals surface area (Å²) in [6.07, 6.45) is 8.02. The molecule has 2 aliphatic rings. The predicted molar refractivity (Wildman–Crippen MR) is 207 cm³/mol. The highest BCUT2D eigenvalue weighted by atomic mass is 16.6. The highest BCUT2D eigenvalue weighted by molar-refractivity contribution is 6.02. The molecule has 0 radical (unpaired) electrons. The minimum Gasteiger partial charge on any atom is -0.354 e. The summed E-state index contributed by atoms with van der Waals surface area (Å²) >= 11 is 0. The molecule has 7 aromatic rings. The number of hydrogen-bond donors (Lipinski definition) is 2. The zero-order valence-corrected chi connectivity index (χ0v) is 27.2. The van der Waals surface area contributed by atoms with Crippen LogP contribution in [0.2, 0.25) is 0 Å². The zero-order valence-electron chi connectivity index (χ0n) is 27.2. The van der Waals surface area contributed by atoms with E-state index in [1.807, 2.05) is 121 Å². The van der Waals surface area contributed by atoms with Crippen molar-refractivity contribution in [2.45, 2.75) is 0 Å². The molecule has 0 aliphatic carbocycles. The van der Waals surface area contributed by atoms with Gasteiger partial charge in [-0.2, -0.15) is 0 Å². The summed E-state index contributed by atoms with van der Waals surface area (Å²) in [6, 6.07) is 45.7. The number of benzene rings is 4. The van der Waals surface area contributed by atoms with Gasteiger partial charge in [0.25, 0.3) is 5.69 Å². The van der Waals surface area contributed by atoms with Crippen LogP contribution in [0, 0.1) is 10.1 Å². The third-order valence-corrected chi connectivity index (χ3v) is 9.29. The molecular weight excluding hydrogens is 631 g/mol. The van der Waals surface area contributed by atoms with Gasteiger partial charge in [-0.1, -0.05) is 121 Å². The standard InChI is InChI=1S/C44H29N5O2/c50-49(51)39-27-38-42(30-17-9-3-10-18-30)36-24-23-34(46-36)40(28-13-5-1-6-14-28)32-21-22-33(45-32)41(29-15-7-2-8-16-29)35-25-26-37(47-35)43(44(39)48-38)31-19-11-4-12-20-31/h1-27,46,48H. The molecule has 0 amide bonds. The lowest BCUT2D eigenvalue weighted by Gasteiger charge is -2.06. The first-order valence-corrected chi connectivity index (χ1v) is 16.7. The summed E-state index contributed by atoms with van der Waals surface area (Å²) in [5.41, 5.74) is 12.5. The fourth-order valence-electron chi connectivity index (χ4n) is 7.04. The number of aromatic nitrogens is 4. The van der Waals surface area contributed by atoms with Gasteiger partial charge in [0.05, 0.1) is 33.2 Å². The molecule has 7 heteroatoms. The minimum atomic E-state index is -0.322. The molecular formula is C44H29N5O2. The van der Waals surface area contributed by atoms with Crippen molar-refractivity contribution in [1.82, 2.24) is 19.9 Å². The number of hydrogen-bond acceptors (Lipinski definition) is 4. The molecule has 0 saturated carbocycles. The third-order valence-electron chi connectivity index (χ3n) is 9.29. The summed E-state index contributed by atoms with van der Waals surface area (Å²) < 4.78 is 0. The van der Waals surface area contributed by atoms with Crippen LogP contribution in [-0.2, 0) is 0 Å². The second-order valence-corrected chi connectivity index (χ2v) is 12.4. The number of nitrogens with zero attached hydrogens (tertiary/aromatic N) is 3. The fourth-order valence-corrected chi connectivity index (χ4v) is 7.04. The lowest BCUT2D eigenvalue weighted by Crippen LogP contribution is -1.92. The summed E-state index contributed by atoms with van der Waals surface area (Å²) in [5, 5.41) is 12.9. The average molecular weight is 660 g/mol. The second-order valence-electron chi connectivity index (χ2n) is 12.4. The van der Waals surface area contributed by atoms with Gasteiger partial charge in [0.2, 0.25) is 0 Å². The molecule has 242 valence electrons. The van der Waals surface area contributed by atoms with Crippen molar-refractivity contribution in [3.8, 4) is 44.5 Å². The van der Waals surface area contributed by atoms with E-state index in [4.69, 9.17) is 9.97 Å². The van der Waals surface area contributed by atoms with Crippen molar-refractivity contribution in [3.63, 3.8) is 0 Å². The van der Waals surface area contributed by atoms with Crippen LogP contribution in [0.5, 0.6) is 0 Å². The summed E-state index contributed by atoms with van der Waals surface area (Å²) in [4.78, 5) is 30.3. The fraction of sp³-hybridized carbons (Fsp3) is 0. The Morgan fingerprint density at radius 3 is 1.31 bits per heavy atom. The van der Waals surface area contributed by atoms with Crippen LogP contribution in [0.25, 0.3) is 90.9 Å². The van der Waals surface area contributed by atoms with E-state index in [2.05, 4.69) is 46.4 Å². The molecule has 51 heavy (non-hydrogen) atoms. The highest BCUT2D eigenvalue weighted by Crippen LogP contribution is 2.40. The van der Waals surface area contributed by atoms with Gasteiger partial charge in [-0.25, -0.2) is 9.97 Å². The predicted octanol–water partition coefficient (Wildman–Crippen LogP) is 11.2. The molecule has 3 aromatic heterocycles. The Labute approximate surface area is 293 Å². The molecule has 0 saturated heterocycles. The number of nitrogens with one attached hydrogen (secondary N) is 2. The molecule has 0 atom stereocenters. The molecule has 9 rings (SSSR count). The van der Waals surface area contributed by atoms with Gasteiger partial charge >= 0.3 is 0 Å². The molecule has 2 N–H and O–H groups in total. The highest BCUT2D eigenvalue weighted by Gasteiger charge is 2.23. The first-order chi connectivity index (χ1) is 25.1. The normalized spacial score (nSPS) is 11.9. The van der Waals surface area contributed by atoms with E-state index in [-0.39, 0.29) is 10.6 Å². The summed E-state index contributed by atoms with van der Waals surface area (Å²) in [5.74, 6) is 0. The van der Waals surface area contributed by atoms with E-state index in [0.29, 0.717) is 22.3 Å². The van der Waals surface area contributed by atoms with E-state index in [1.54, 1.807) is 6.07 Å². The van der Waals surface area contributed by atoms with Gasteiger partial charge in [-0.3, -0.25) is 10.1 Å². The van der Waals surface area contributed by atoms with Crippen molar-refractivity contribution in [1.29, 1.82) is 0 Å². The van der Waals surface area contributed by atoms with Gasteiger partial charge in [0, 0.05) is 39.4 Å². The van der Waals surface area contributed by atoms with Gasteiger partial charge in [-0.15, -0.1) is 0 Å². The van der Waals surface area contributed by atoms with E-state index in [1.165, 1.54) is 0 Å². The minimum absolute atomic E-state index is 0.0383. The Bertz CT molecular complexity index is 2690. The number of rotatable bonds is 5. The number of H-pyrrole nitrogens is 2. The Morgan fingerprint density at radius 1 is 0.431 bits per heavy atom. The molecule has 0 fully saturated rings. The monoisotopic (exact) mass is 659 g/mol. The Balaban J connectivity index is 1.53. The van der Waals surface area contributed by atoms with E-state index in [0.717, 1.165) is 67.1 Å². The van der Waals surface area contributed by atoms with Crippen LogP contribution in [-0.4, -0.2) is 24.9 Å². The van der Waals surface area contributed by atoms with Crippen molar-refractivity contribution in [2.75, 3.05) is 0 Å². The molecule has 2 aliphatic heterocycles. The SMILES string of the molecule is O=[N+]([O-])c1cc2[nH]c1c(-c1ccccc1)c1nc(c(-c3ccccc3)c3nc(c(-c4ccccc4)c4ccc([nH]4)c2-c2ccccc2)C=C3)C=C1. The zero-order chi connectivity index (χ0) is 34.3. The molecule has 8 bridgehead atoms. The molecule has 0 spiro atoms. The number of fused-ring (bicyclic) bond motifs is 8.